The lowest BCUT2D eigenvalue weighted by Gasteiger charge is -2.34. The summed E-state index contributed by atoms with van der Waals surface area (Å²) in [4.78, 5) is 12.5. The predicted molar refractivity (Wildman–Crippen MR) is 112 cm³/mol. The van der Waals surface area contributed by atoms with E-state index in [0.29, 0.717) is 30.2 Å². The van der Waals surface area contributed by atoms with E-state index in [1.165, 1.54) is 8.61 Å². The van der Waals surface area contributed by atoms with Gasteiger partial charge in [-0.05, 0) is 49.6 Å². The Labute approximate surface area is 171 Å². The highest BCUT2D eigenvalue weighted by Gasteiger charge is 2.34. The van der Waals surface area contributed by atoms with Crippen LogP contribution in [0.15, 0.2) is 42.5 Å². The van der Waals surface area contributed by atoms with Crippen molar-refractivity contribution in [2.24, 2.45) is 0 Å². The second kappa shape index (κ2) is 8.61. The quantitative estimate of drug-likeness (QED) is 0.804. The molecule has 1 amide bonds. The summed E-state index contributed by atoms with van der Waals surface area (Å²) in [6, 6.07) is 12.9. The van der Waals surface area contributed by atoms with Crippen LogP contribution in [0.5, 0.6) is 0 Å². The van der Waals surface area contributed by atoms with Crippen molar-refractivity contribution in [3.63, 3.8) is 0 Å². The molecule has 6 nitrogen and oxygen atoms in total. The first-order chi connectivity index (χ1) is 13.3. The molecule has 3 rings (SSSR count). The number of rotatable bonds is 5. The van der Waals surface area contributed by atoms with Crippen LogP contribution in [0.4, 0.5) is 5.69 Å². The van der Waals surface area contributed by atoms with Crippen molar-refractivity contribution in [2.75, 3.05) is 25.0 Å². The summed E-state index contributed by atoms with van der Waals surface area (Å²) in [5.74, 6) is -0.347. The Balaban J connectivity index is 1.68. The van der Waals surface area contributed by atoms with Crippen molar-refractivity contribution < 1.29 is 13.2 Å². The van der Waals surface area contributed by atoms with Crippen LogP contribution >= 0.6 is 11.6 Å². The zero-order valence-electron chi connectivity index (χ0n) is 16.0. The lowest BCUT2D eigenvalue weighted by molar-refractivity contribution is -0.116. The first kappa shape index (κ1) is 20.8. The van der Waals surface area contributed by atoms with Crippen molar-refractivity contribution >= 4 is 33.4 Å². The van der Waals surface area contributed by atoms with E-state index in [4.69, 9.17) is 11.6 Å². The average Bonchev–Trinajstić information content (AvgIpc) is 2.61. The highest BCUT2D eigenvalue weighted by atomic mass is 35.5. The fraction of sp³-hybridized carbons (Fsp3) is 0.350. The molecular weight excluding hydrogens is 398 g/mol. The van der Waals surface area contributed by atoms with Crippen LogP contribution in [0.3, 0.4) is 0 Å². The van der Waals surface area contributed by atoms with Crippen LogP contribution in [0.2, 0.25) is 5.02 Å². The first-order valence-electron chi connectivity index (χ1n) is 9.12. The molecule has 0 saturated carbocycles. The maximum atomic E-state index is 12.9. The van der Waals surface area contributed by atoms with E-state index < -0.39 is 10.2 Å². The number of hydrogen-bond acceptors (Lipinski definition) is 3. The Morgan fingerprint density at radius 3 is 2.57 bits per heavy atom. The lowest BCUT2D eigenvalue weighted by atomic mass is 10.1. The number of carbonyl (C=O) groups is 1. The Kier molecular flexibility index (Phi) is 6.40. The van der Waals surface area contributed by atoms with Crippen LogP contribution in [-0.4, -0.2) is 42.6 Å². The summed E-state index contributed by atoms with van der Waals surface area (Å²) in [5, 5.41) is 3.38. The van der Waals surface area contributed by atoms with Gasteiger partial charge in [-0.3, -0.25) is 4.79 Å². The smallest absolute Gasteiger partial charge is 0.282 e. The van der Waals surface area contributed by atoms with Crippen LogP contribution in [-0.2, 0) is 21.5 Å². The summed E-state index contributed by atoms with van der Waals surface area (Å²) >= 11 is 6.00. The molecule has 1 aliphatic heterocycles. The summed E-state index contributed by atoms with van der Waals surface area (Å²) < 4.78 is 28.5. The number of anilines is 1. The maximum absolute atomic E-state index is 12.9. The number of aryl methyl sites for hydroxylation is 2. The minimum absolute atomic E-state index is 0.207. The van der Waals surface area contributed by atoms with Gasteiger partial charge in [0.15, 0.2) is 0 Å². The van der Waals surface area contributed by atoms with E-state index in [1.807, 2.05) is 38.1 Å². The number of nitrogens with zero attached hydrogens (tertiary/aromatic N) is 2. The van der Waals surface area contributed by atoms with E-state index in [1.54, 1.807) is 18.2 Å². The molecule has 0 radical (unpaired) electrons. The Hall–Kier alpha value is -1.93. The van der Waals surface area contributed by atoms with Gasteiger partial charge >= 0.3 is 0 Å². The van der Waals surface area contributed by atoms with E-state index in [9.17, 15) is 13.2 Å². The molecular formula is C20H24ClN3O3S. The molecule has 1 saturated heterocycles. The molecule has 2 aromatic carbocycles. The number of carbonyl (C=O) groups excluding carboxylic acids is 1. The van der Waals surface area contributed by atoms with Crippen molar-refractivity contribution in [3.8, 4) is 0 Å². The fourth-order valence-electron chi connectivity index (χ4n) is 3.28. The molecule has 150 valence electrons. The molecule has 0 aromatic heterocycles. The van der Waals surface area contributed by atoms with E-state index in [0.717, 1.165) is 16.7 Å². The van der Waals surface area contributed by atoms with Gasteiger partial charge in [-0.1, -0.05) is 41.4 Å². The molecule has 0 unspecified atom stereocenters. The second-order valence-corrected chi connectivity index (χ2v) is 9.39. The maximum Gasteiger partial charge on any atom is 0.282 e. The zero-order valence-corrected chi connectivity index (χ0v) is 17.6. The lowest BCUT2D eigenvalue weighted by Crippen LogP contribution is -2.51. The summed E-state index contributed by atoms with van der Waals surface area (Å²) in [6.45, 7) is 4.67. The number of benzene rings is 2. The molecule has 0 spiro atoms. The first-order valence-corrected chi connectivity index (χ1v) is 10.9. The number of nitrogens with one attached hydrogen (secondary N) is 1. The van der Waals surface area contributed by atoms with Crippen LogP contribution in [0.25, 0.3) is 0 Å². The van der Waals surface area contributed by atoms with Gasteiger partial charge in [0, 0.05) is 30.3 Å². The molecule has 1 heterocycles. The largest absolute Gasteiger partial charge is 0.325 e. The predicted octanol–water partition coefficient (Wildman–Crippen LogP) is 3.35. The normalized spacial score (nSPS) is 17.4. The van der Waals surface area contributed by atoms with Gasteiger partial charge in [-0.2, -0.15) is 17.0 Å². The monoisotopic (exact) mass is 421 g/mol. The minimum atomic E-state index is -3.72. The van der Waals surface area contributed by atoms with Crippen molar-refractivity contribution in [2.45, 2.75) is 26.8 Å². The number of amides is 1. The molecule has 1 fully saturated rings. The molecule has 2 aromatic rings. The van der Waals surface area contributed by atoms with E-state index in [2.05, 4.69) is 5.32 Å². The van der Waals surface area contributed by atoms with Gasteiger partial charge < -0.3 is 5.32 Å². The van der Waals surface area contributed by atoms with Crippen molar-refractivity contribution in [1.29, 1.82) is 0 Å². The molecule has 1 aliphatic rings. The number of hydrogen-bond donors (Lipinski definition) is 1. The summed E-state index contributed by atoms with van der Waals surface area (Å²) in [5.41, 5.74) is 3.56. The Morgan fingerprint density at radius 1 is 1.11 bits per heavy atom. The standard InChI is InChI=1S/C20H24ClN3O3S/c1-15-7-8-19(16(2)11-15)22-20(25)14-24-10-4-9-23(28(24,26)27)13-17-5-3-6-18(21)12-17/h3,5-8,11-12H,4,9-10,13-14H2,1-2H3,(H,22,25). The highest BCUT2D eigenvalue weighted by Crippen LogP contribution is 2.21. The van der Waals surface area contributed by atoms with Gasteiger partial charge in [0.25, 0.3) is 10.2 Å². The highest BCUT2D eigenvalue weighted by molar-refractivity contribution is 7.86. The molecule has 0 atom stereocenters. The molecule has 8 heteroatoms. The topological polar surface area (TPSA) is 69.7 Å². The molecule has 0 bridgehead atoms. The number of halogens is 1. The molecule has 28 heavy (non-hydrogen) atoms. The fourth-order valence-corrected chi connectivity index (χ4v) is 5.13. The van der Waals surface area contributed by atoms with Gasteiger partial charge in [0.2, 0.25) is 5.91 Å². The Bertz CT molecular complexity index is 978. The van der Waals surface area contributed by atoms with Gasteiger partial charge in [0.1, 0.15) is 0 Å². The average molecular weight is 422 g/mol. The van der Waals surface area contributed by atoms with Crippen LogP contribution in [0, 0.1) is 13.8 Å². The van der Waals surface area contributed by atoms with E-state index in [-0.39, 0.29) is 19.0 Å². The van der Waals surface area contributed by atoms with Crippen LogP contribution < -0.4 is 5.32 Å². The third-order valence-corrected chi connectivity index (χ3v) is 6.86. The van der Waals surface area contributed by atoms with Gasteiger partial charge in [0.05, 0.1) is 6.54 Å². The summed E-state index contributed by atoms with van der Waals surface area (Å²) in [6.07, 6.45) is 0.663. The van der Waals surface area contributed by atoms with Crippen LogP contribution in [0.1, 0.15) is 23.1 Å². The molecule has 0 aliphatic carbocycles. The Morgan fingerprint density at radius 2 is 1.86 bits per heavy atom. The summed E-state index contributed by atoms with van der Waals surface area (Å²) in [7, 11) is -3.72. The van der Waals surface area contributed by atoms with E-state index >= 15 is 0 Å². The third-order valence-electron chi connectivity index (χ3n) is 4.69. The van der Waals surface area contributed by atoms with Crippen molar-refractivity contribution in [3.05, 3.63) is 64.2 Å². The van der Waals surface area contributed by atoms with Gasteiger partial charge in [-0.25, -0.2) is 0 Å². The molecule has 1 N–H and O–H groups in total. The zero-order chi connectivity index (χ0) is 20.3. The third kappa shape index (κ3) is 4.91. The SMILES string of the molecule is Cc1ccc(NC(=O)CN2CCCN(Cc3cccc(Cl)c3)S2(=O)=O)c(C)c1. The van der Waals surface area contributed by atoms with Gasteiger partial charge in [-0.15, -0.1) is 0 Å². The second-order valence-electron chi connectivity index (χ2n) is 7.02. The minimum Gasteiger partial charge on any atom is -0.325 e. The van der Waals surface area contributed by atoms with Crippen molar-refractivity contribution in [1.82, 2.24) is 8.61 Å².